The van der Waals surface area contributed by atoms with E-state index in [0.717, 1.165) is 10.4 Å². The zero-order chi connectivity index (χ0) is 27.1. The van der Waals surface area contributed by atoms with Crippen LogP contribution in [-0.2, 0) is 11.2 Å². The van der Waals surface area contributed by atoms with Crippen molar-refractivity contribution in [3.8, 4) is 29.4 Å². The Bertz CT molecular complexity index is 1290. The quantitative estimate of drug-likeness (QED) is 0.338. The highest BCUT2D eigenvalue weighted by Crippen LogP contribution is 2.26. The first-order valence-corrected chi connectivity index (χ1v) is 12.1. The van der Waals surface area contributed by atoms with Gasteiger partial charge in [-0.2, -0.15) is 5.10 Å². The molecule has 2 amide bonds. The van der Waals surface area contributed by atoms with Gasteiger partial charge in [-0.15, -0.1) is 30.6 Å². The highest BCUT2D eigenvalue weighted by molar-refractivity contribution is 5.78. The van der Waals surface area contributed by atoms with E-state index in [1.165, 1.54) is 30.5 Å². The minimum atomic E-state index is -4.79. The highest BCUT2D eigenvalue weighted by Gasteiger charge is 2.34. The molecule has 0 saturated carbocycles. The maximum atomic E-state index is 13.4. The normalized spacial score (nSPS) is 15.7. The molecule has 0 radical (unpaired) electrons. The molecule has 0 N–H and O–H groups in total. The molecule has 0 spiro atoms. The van der Waals surface area contributed by atoms with Crippen LogP contribution in [-0.4, -0.2) is 68.8 Å². The van der Waals surface area contributed by atoms with Crippen LogP contribution >= 0.6 is 0 Å². The highest BCUT2D eigenvalue weighted by atomic mass is 19.4. The van der Waals surface area contributed by atoms with Gasteiger partial charge in [-0.05, 0) is 42.7 Å². The van der Waals surface area contributed by atoms with Crippen LogP contribution in [0.15, 0.2) is 60.8 Å². The fourth-order valence-electron chi connectivity index (χ4n) is 4.32. The third kappa shape index (κ3) is 6.91. The first-order valence-electron chi connectivity index (χ1n) is 12.1. The molecule has 198 valence electrons. The van der Waals surface area contributed by atoms with Crippen molar-refractivity contribution in [1.29, 1.82) is 0 Å². The number of alkyl halides is 3. The zero-order valence-corrected chi connectivity index (χ0v) is 20.5. The van der Waals surface area contributed by atoms with E-state index >= 15 is 0 Å². The first-order chi connectivity index (χ1) is 18.2. The van der Waals surface area contributed by atoms with Crippen LogP contribution in [0.25, 0.3) is 11.3 Å². The minimum Gasteiger partial charge on any atom is -0.406 e. The summed E-state index contributed by atoms with van der Waals surface area (Å²) in [4.78, 5) is 30.6. The van der Waals surface area contributed by atoms with Gasteiger partial charge >= 0.3 is 12.4 Å². The van der Waals surface area contributed by atoms with Crippen molar-refractivity contribution in [2.45, 2.75) is 38.1 Å². The topological polar surface area (TPSA) is 80.6 Å². The van der Waals surface area contributed by atoms with Gasteiger partial charge in [0.25, 0.3) is 0 Å². The van der Waals surface area contributed by atoms with E-state index < -0.39 is 12.4 Å². The van der Waals surface area contributed by atoms with Gasteiger partial charge in [0, 0.05) is 38.0 Å². The average Bonchev–Trinajstić information content (AvgIpc) is 3.39. The van der Waals surface area contributed by atoms with Crippen molar-refractivity contribution in [3.63, 3.8) is 0 Å². The molecule has 2 heterocycles. The molecule has 11 heteroatoms. The fraction of sp³-hybridized carbons (Fsp3) is 0.333. The number of rotatable bonds is 7. The SMILES string of the molecule is C#CCCCC(=O)N1CCN(C(=O)n2ncc(-c3ccc(OC(F)(F)F)cc3)n2)C(Cc2ccccc2)C1. The van der Waals surface area contributed by atoms with E-state index in [2.05, 4.69) is 20.9 Å². The third-order valence-electron chi connectivity index (χ3n) is 6.15. The van der Waals surface area contributed by atoms with E-state index in [9.17, 15) is 22.8 Å². The summed E-state index contributed by atoms with van der Waals surface area (Å²) in [5.74, 6) is 2.18. The summed E-state index contributed by atoms with van der Waals surface area (Å²) in [5.41, 5.74) is 1.81. The summed E-state index contributed by atoms with van der Waals surface area (Å²) < 4.78 is 41.2. The van der Waals surface area contributed by atoms with Gasteiger partial charge in [-0.25, -0.2) is 4.79 Å². The van der Waals surface area contributed by atoms with Crippen LogP contribution in [0.3, 0.4) is 0 Å². The number of nitrogens with zero attached hydrogens (tertiary/aromatic N) is 5. The summed E-state index contributed by atoms with van der Waals surface area (Å²) in [6.07, 6.45) is 3.91. The van der Waals surface area contributed by atoms with E-state index in [0.29, 0.717) is 56.6 Å². The van der Waals surface area contributed by atoms with Crippen molar-refractivity contribution >= 4 is 11.9 Å². The molecular weight excluding hydrogens is 499 g/mol. The second-order valence-electron chi connectivity index (χ2n) is 8.81. The van der Waals surface area contributed by atoms with Crippen molar-refractivity contribution < 1.29 is 27.5 Å². The molecule has 8 nitrogen and oxygen atoms in total. The number of carbonyl (C=O) groups is 2. The lowest BCUT2D eigenvalue weighted by Crippen LogP contribution is -2.58. The maximum absolute atomic E-state index is 13.4. The molecule has 1 atom stereocenters. The largest absolute Gasteiger partial charge is 0.573 e. The minimum absolute atomic E-state index is 0.00265. The summed E-state index contributed by atoms with van der Waals surface area (Å²) in [7, 11) is 0. The van der Waals surface area contributed by atoms with Crippen LogP contribution < -0.4 is 4.74 Å². The van der Waals surface area contributed by atoms with Crippen LogP contribution in [0, 0.1) is 12.3 Å². The lowest BCUT2D eigenvalue weighted by atomic mass is 10.0. The van der Waals surface area contributed by atoms with Gasteiger partial charge in [0.2, 0.25) is 5.91 Å². The van der Waals surface area contributed by atoms with Crippen molar-refractivity contribution in [2.24, 2.45) is 0 Å². The summed E-state index contributed by atoms with van der Waals surface area (Å²) in [6.45, 7) is 1.04. The van der Waals surface area contributed by atoms with Gasteiger partial charge < -0.3 is 14.5 Å². The van der Waals surface area contributed by atoms with Crippen LogP contribution in [0.1, 0.15) is 24.8 Å². The fourth-order valence-corrected chi connectivity index (χ4v) is 4.32. The number of benzene rings is 2. The smallest absolute Gasteiger partial charge is 0.406 e. The standard InChI is InChI=1S/C27H26F3N5O3/c1-2-3-5-10-25(36)33-15-16-34(22(19-33)17-20-8-6-4-7-9-20)26(37)35-31-18-24(32-35)21-11-13-23(14-12-21)38-27(28,29)30/h1,4,6-9,11-14,18,22H,3,5,10,15-17,19H2. The molecule has 0 bridgehead atoms. The summed E-state index contributed by atoms with van der Waals surface area (Å²) in [5, 5.41) is 8.36. The molecule has 0 aliphatic carbocycles. The number of aromatic nitrogens is 3. The molecule has 1 unspecified atom stereocenters. The zero-order valence-electron chi connectivity index (χ0n) is 20.5. The van der Waals surface area contributed by atoms with E-state index in [4.69, 9.17) is 6.42 Å². The Morgan fingerprint density at radius 3 is 2.50 bits per heavy atom. The Kier molecular flexibility index (Phi) is 8.31. The van der Waals surface area contributed by atoms with Crippen LogP contribution in [0.4, 0.5) is 18.0 Å². The monoisotopic (exact) mass is 525 g/mol. The first kappa shape index (κ1) is 26.7. The molecule has 1 aliphatic heterocycles. The second-order valence-corrected chi connectivity index (χ2v) is 8.81. The van der Waals surface area contributed by atoms with Crippen LogP contribution in [0.5, 0.6) is 5.75 Å². The molecule has 38 heavy (non-hydrogen) atoms. The van der Waals surface area contributed by atoms with Gasteiger partial charge in [0.15, 0.2) is 0 Å². The number of hydrogen-bond donors (Lipinski definition) is 0. The molecule has 1 aromatic heterocycles. The Labute approximate surface area is 218 Å². The molecule has 1 saturated heterocycles. The Hall–Kier alpha value is -4.33. The lowest BCUT2D eigenvalue weighted by molar-refractivity contribution is -0.274. The maximum Gasteiger partial charge on any atom is 0.573 e. The van der Waals surface area contributed by atoms with Crippen molar-refractivity contribution in [1.82, 2.24) is 24.8 Å². The van der Waals surface area contributed by atoms with Gasteiger partial charge in [-0.1, -0.05) is 35.1 Å². The number of piperazine rings is 1. The molecule has 1 aliphatic rings. The Balaban J connectivity index is 1.49. The summed E-state index contributed by atoms with van der Waals surface area (Å²) in [6, 6.07) is 14.1. The number of ether oxygens (including phenoxy) is 1. The molecular formula is C27H26F3N5O3. The number of terminal acetylenes is 1. The molecule has 4 rings (SSSR count). The molecule has 1 fully saturated rings. The van der Waals surface area contributed by atoms with E-state index in [1.807, 2.05) is 30.3 Å². The van der Waals surface area contributed by atoms with Gasteiger partial charge in [-0.3, -0.25) is 4.79 Å². The van der Waals surface area contributed by atoms with E-state index in [1.54, 1.807) is 9.80 Å². The van der Waals surface area contributed by atoms with Crippen LogP contribution in [0.2, 0.25) is 0 Å². The predicted molar refractivity (Wildman–Crippen MR) is 133 cm³/mol. The molecule has 2 aromatic carbocycles. The number of hydrogen-bond acceptors (Lipinski definition) is 5. The Morgan fingerprint density at radius 2 is 1.82 bits per heavy atom. The Morgan fingerprint density at radius 1 is 1.08 bits per heavy atom. The average molecular weight is 526 g/mol. The summed E-state index contributed by atoms with van der Waals surface area (Å²) >= 11 is 0. The number of amides is 2. The third-order valence-corrected chi connectivity index (χ3v) is 6.15. The number of unbranched alkanes of at least 4 members (excludes halogenated alkanes) is 1. The second kappa shape index (κ2) is 11.8. The molecule has 3 aromatic rings. The predicted octanol–water partition coefficient (Wildman–Crippen LogP) is 4.37. The van der Waals surface area contributed by atoms with E-state index in [-0.39, 0.29) is 17.7 Å². The lowest BCUT2D eigenvalue weighted by Gasteiger charge is -2.41. The van der Waals surface area contributed by atoms with Gasteiger partial charge in [0.1, 0.15) is 11.4 Å². The number of carbonyl (C=O) groups excluding carboxylic acids is 2. The number of halogens is 3. The van der Waals surface area contributed by atoms with Crippen molar-refractivity contribution in [2.75, 3.05) is 19.6 Å². The van der Waals surface area contributed by atoms with Gasteiger partial charge in [0.05, 0.1) is 12.2 Å². The van der Waals surface area contributed by atoms with Crippen molar-refractivity contribution in [3.05, 3.63) is 66.4 Å².